The van der Waals surface area contributed by atoms with Gasteiger partial charge in [-0.25, -0.2) is 0 Å². The van der Waals surface area contributed by atoms with Gasteiger partial charge in [0, 0.05) is 6.92 Å². The van der Waals surface area contributed by atoms with E-state index in [1.165, 1.54) is 6.92 Å². The number of hydrogen-bond acceptors (Lipinski definition) is 4. The highest BCUT2D eigenvalue weighted by Gasteiger charge is 2.23. The van der Waals surface area contributed by atoms with Crippen LogP contribution in [0, 0.1) is 0 Å². The number of rotatable bonds is 4. The molecule has 0 unspecified atom stereocenters. The van der Waals surface area contributed by atoms with Crippen molar-refractivity contribution in [1.29, 1.82) is 0 Å². The fourth-order valence-electron chi connectivity index (χ4n) is 3.16. The van der Waals surface area contributed by atoms with Gasteiger partial charge < -0.3 is 14.8 Å². The molecule has 3 rings (SSSR count). The first-order valence-electron chi connectivity index (χ1n) is 9.42. The fraction of sp³-hybridized carbons (Fsp3) is 0.304. The van der Waals surface area contributed by atoms with E-state index in [9.17, 15) is 9.59 Å². The second kappa shape index (κ2) is 7.89. The molecule has 0 saturated carbocycles. The van der Waals surface area contributed by atoms with Crippen molar-refractivity contribution in [2.75, 3.05) is 5.32 Å². The number of esters is 1. The molecule has 0 aliphatic carbocycles. The van der Waals surface area contributed by atoms with Crippen LogP contribution in [-0.4, -0.2) is 11.9 Å². The minimum absolute atomic E-state index is 0.145. The predicted molar refractivity (Wildman–Crippen MR) is 110 cm³/mol. The van der Waals surface area contributed by atoms with Gasteiger partial charge in [-0.05, 0) is 58.9 Å². The highest BCUT2D eigenvalue weighted by Crippen LogP contribution is 2.37. The molecule has 1 aliphatic heterocycles. The average molecular weight is 379 g/mol. The molecule has 0 atom stereocenters. The summed E-state index contributed by atoms with van der Waals surface area (Å²) in [6.07, 6.45) is 1.72. The molecule has 0 radical (unpaired) electrons. The van der Waals surface area contributed by atoms with E-state index in [1.54, 1.807) is 12.1 Å². The van der Waals surface area contributed by atoms with Gasteiger partial charge in [0.15, 0.2) is 11.5 Å². The standard InChI is InChI=1S/C23H25NO4/c1-13(2)17-10-16(11-18(14(3)4)22(17)27-15(5)25)12-21-23(26)24-19-8-6-7-9-20(19)28-21/h6-14H,1-5H3,(H,24,26). The molecule has 0 aromatic heterocycles. The van der Waals surface area contributed by atoms with Crippen molar-refractivity contribution in [2.24, 2.45) is 0 Å². The van der Waals surface area contributed by atoms with E-state index in [0.29, 0.717) is 17.2 Å². The Hall–Kier alpha value is -3.08. The third-order valence-corrected chi connectivity index (χ3v) is 4.54. The molecule has 1 amide bonds. The maximum Gasteiger partial charge on any atom is 0.308 e. The molecule has 0 bridgehead atoms. The lowest BCUT2D eigenvalue weighted by Gasteiger charge is -2.21. The lowest BCUT2D eigenvalue weighted by Crippen LogP contribution is -2.23. The summed E-state index contributed by atoms with van der Waals surface area (Å²) in [5, 5.41) is 2.84. The third-order valence-electron chi connectivity index (χ3n) is 4.54. The summed E-state index contributed by atoms with van der Waals surface area (Å²) in [6, 6.07) is 11.2. The summed E-state index contributed by atoms with van der Waals surface area (Å²) in [4.78, 5) is 24.1. The Morgan fingerprint density at radius 3 is 2.25 bits per heavy atom. The van der Waals surface area contributed by atoms with Crippen molar-refractivity contribution in [3.8, 4) is 11.5 Å². The second-order valence-corrected chi connectivity index (χ2v) is 7.49. The van der Waals surface area contributed by atoms with Crippen LogP contribution in [0.15, 0.2) is 42.2 Å². The van der Waals surface area contributed by atoms with Crippen LogP contribution in [0.25, 0.3) is 6.08 Å². The number of ether oxygens (including phenoxy) is 2. The molecule has 2 aromatic carbocycles. The zero-order valence-corrected chi connectivity index (χ0v) is 16.8. The molecule has 2 aromatic rings. The topological polar surface area (TPSA) is 64.6 Å². The Morgan fingerprint density at radius 1 is 1.07 bits per heavy atom. The van der Waals surface area contributed by atoms with Crippen LogP contribution in [0.3, 0.4) is 0 Å². The number of fused-ring (bicyclic) bond motifs is 1. The average Bonchev–Trinajstić information content (AvgIpc) is 2.62. The Labute approximate surface area is 165 Å². The molecule has 0 fully saturated rings. The minimum Gasteiger partial charge on any atom is -0.449 e. The zero-order chi connectivity index (χ0) is 20.4. The molecule has 1 aliphatic rings. The molecular weight excluding hydrogens is 354 g/mol. The summed E-state index contributed by atoms with van der Waals surface area (Å²) < 4.78 is 11.3. The van der Waals surface area contributed by atoms with Crippen molar-refractivity contribution in [3.63, 3.8) is 0 Å². The summed E-state index contributed by atoms with van der Waals surface area (Å²) in [7, 11) is 0. The molecule has 5 heteroatoms. The monoisotopic (exact) mass is 379 g/mol. The lowest BCUT2D eigenvalue weighted by atomic mass is 9.91. The van der Waals surface area contributed by atoms with Gasteiger partial charge in [-0.3, -0.25) is 9.59 Å². The van der Waals surface area contributed by atoms with Crippen LogP contribution in [0.2, 0.25) is 0 Å². The second-order valence-electron chi connectivity index (χ2n) is 7.49. The number of nitrogens with one attached hydrogen (secondary N) is 1. The van der Waals surface area contributed by atoms with Crippen LogP contribution in [0.1, 0.15) is 63.1 Å². The largest absolute Gasteiger partial charge is 0.449 e. The van der Waals surface area contributed by atoms with E-state index in [4.69, 9.17) is 9.47 Å². The van der Waals surface area contributed by atoms with E-state index >= 15 is 0 Å². The first kappa shape index (κ1) is 19.7. The van der Waals surface area contributed by atoms with Crippen LogP contribution in [0.4, 0.5) is 5.69 Å². The number of carbonyl (C=O) groups excluding carboxylic acids is 2. The van der Waals surface area contributed by atoms with Gasteiger partial charge in [0.25, 0.3) is 5.91 Å². The van der Waals surface area contributed by atoms with E-state index in [0.717, 1.165) is 16.7 Å². The molecular formula is C23H25NO4. The van der Waals surface area contributed by atoms with Gasteiger partial charge in [0.2, 0.25) is 0 Å². The van der Waals surface area contributed by atoms with Crippen molar-refractivity contribution >= 4 is 23.6 Å². The highest BCUT2D eigenvalue weighted by molar-refractivity contribution is 6.08. The summed E-state index contributed by atoms with van der Waals surface area (Å²) in [5.74, 6) is 1.10. The van der Waals surface area contributed by atoms with Crippen LogP contribution >= 0.6 is 0 Å². The van der Waals surface area contributed by atoms with Crippen molar-refractivity contribution in [1.82, 2.24) is 0 Å². The summed E-state index contributed by atoms with van der Waals surface area (Å²) >= 11 is 0. The first-order chi connectivity index (χ1) is 13.3. The molecule has 0 spiro atoms. The van der Waals surface area contributed by atoms with Gasteiger partial charge >= 0.3 is 5.97 Å². The maximum absolute atomic E-state index is 12.4. The third kappa shape index (κ3) is 4.09. The molecule has 28 heavy (non-hydrogen) atoms. The van der Waals surface area contributed by atoms with Crippen molar-refractivity contribution in [2.45, 2.75) is 46.5 Å². The smallest absolute Gasteiger partial charge is 0.308 e. The van der Waals surface area contributed by atoms with Crippen molar-refractivity contribution in [3.05, 3.63) is 58.8 Å². The van der Waals surface area contributed by atoms with Crippen LogP contribution in [-0.2, 0) is 9.59 Å². The number of amides is 1. The lowest BCUT2D eigenvalue weighted by molar-refractivity contribution is -0.132. The fourth-order valence-corrected chi connectivity index (χ4v) is 3.16. The van der Waals surface area contributed by atoms with Gasteiger partial charge in [-0.2, -0.15) is 0 Å². The van der Waals surface area contributed by atoms with Gasteiger partial charge in [0.05, 0.1) is 5.69 Å². The molecule has 1 heterocycles. The van der Waals surface area contributed by atoms with E-state index in [-0.39, 0.29) is 29.5 Å². The van der Waals surface area contributed by atoms with Gasteiger partial charge in [-0.1, -0.05) is 39.8 Å². The molecule has 146 valence electrons. The highest BCUT2D eigenvalue weighted by atomic mass is 16.5. The maximum atomic E-state index is 12.4. The molecule has 0 saturated heterocycles. The van der Waals surface area contributed by atoms with Crippen molar-refractivity contribution < 1.29 is 19.1 Å². The first-order valence-corrected chi connectivity index (χ1v) is 9.42. The minimum atomic E-state index is -0.346. The summed E-state index contributed by atoms with van der Waals surface area (Å²) in [5.41, 5.74) is 3.32. The number of carbonyl (C=O) groups is 2. The predicted octanol–water partition coefficient (Wildman–Crippen LogP) is 5.23. The van der Waals surface area contributed by atoms with Crippen LogP contribution < -0.4 is 14.8 Å². The van der Waals surface area contributed by atoms with Gasteiger partial charge in [0.1, 0.15) is 5.75 Å². The van der Waals surface area contributed by atoms with E-state index in [1.807, 2.05) is 58.0 Å². The zero-order valence-electron chi connectivity index (χ0n) is 16.8. The number of anilines is 1. The Bertz CT molecular complexity index is 928. The number of benzene rings is 2. The SMILES string of the molecule is CC(=O)Oc1c(C(C)C)cc(C=C2Oc3ccccc3NC2=O)cc1C(C)C. The molecule has 5 nitrogen and oxygen atoms in total. The van der Waals surface area contributed by atoms with Crippen LogP contribution in [0.5, 0.6) is 11.5 Å². The van der Waals surface area contributed by atoms with Gasteiger partial charge in [-0.15, -0.1) is 0 Å². The van der Waals surface area contributed by atoms with E-state index < -0.39 is 0 Å². The quantitative estimate of drug-likeness (QED) is 0.449. The summed E-state index contributed by atoms with van der Waals surface area (Å²) in [6.45, 7) is 9.58. The normalized spacial score (nSPS) is 14.7. The Kier molecular flexibility index (Phi) is 5.54. The van der Waals surface area contributed by atoms with E-state index in [2.05, 4.69) is 5.32 Å². The number of hydrogen-bond donors (Lipinski definition) is 1. The number of para-hydroxylation sites is 2. The Morgan fingerprint density at radius 2 is 1.68 bits per heavy atom. The molecule has 1 N–H and O–H groups in total. The Balaban J connectivity index is 2.08.